The lowest BCUT2D eigenvalue weighted by Gasteiger charge is -2.32. The quantitative estimate of drug-likeness (QED) is 0.728. The molecule has 0 aromatic heterocycles. The molecule has 3 rings (SSSR count). The van der Waals surface area contributed by atoms with Crippen molar-refractivity contribution < 1.29 is 13.2 Å². The number of nitrogens with zero attached hydrogens (tertiary/aromatic N) is 2. The Morgan fingerprint density at radius 3 is 2.31 bits per heavy atom. The summed E-state index contributed by atoms with van der Waals surface area (Å²) in [5, 5.41) is 4.78. The Bertz CT molecular complexity index is 939. The number of carbonyl (C=O) groups is 1. The van der Waals surface area contributed by atoms with Gasteiger partial charge in [-0.3, -0.25) is 9.69 Å². The van der Waals surface area contributed by atoms with Gasteiger partial charge in [-0.2, -0.15) is 4.31 Å². The number of amides is 1. The molecule has 1 heterocycles. The maximum absolute atomic E-state index is 12.5. The van der Waals surface area contributed by atoms with E-state index in [9.17, 15) is 13.2 Å². The number of carbonyl (C=O) groups excluding carboxylic acids is 1. The van der Waals surface area contributed by atoms with Crippen molar-refractivity contribution in [3.05, 3.63) is 76.2 Å². The molecular weight excluding hydrogens is 410 g/mol. The van der Waals surface area contributed by atoms with E-state index in [2.05, 4.69) is 5.32 Å². The van der Waals surface area contributed by atoms with Crippen LogP contribution in [0.4, 0.5) is 0 Å². The van der Waals surface area contributed by atoms with E-state index in [0.29, 0.717) is 37.7 Å². The molecule has 0 spiro atoms. The van der Waals surface area contributed by atoms with Crippen LogP contribution in [-0.4, -0.2) is 56.3 Å². The highest BCUT2D eigenvalue weighted by Gasteiger charge is 2.25. The summed E-state index contributed by atoms with van der Waals surface area (Å²) >= 11 is 5.85. The zero-order chi connectivity index (χ0) is 20.7. The first-order valence-corrected chi connectivity index (χ1v) is 11.3. The van der Waals surface area contributed by atoms with Crippen molar-refractivity contribution in [1.29, 1.82) is 0 Å². The van der Waals surface area contributed by atoms with E-state index in [1.165, 1.54) is 9.71 Å². The summed E-state index contributed by atoms with van der Waals surface area (Å²) in [6, 6.07) is 16.6. The van der Waals surface area contributed by atoms with Crippen molar-refractivity contribution in [2.45, 2.75) is 6.54 Å². The van der Waals surface area contributed by atoms with Gasteiger partial charge < -0.3 is 5.32 Å². The Morgan fingerprint density at radius 1 is 1.00 bits per heavy atom. The summed E-state index contributed by atoms with van der Waals surface area (Å²) in [5.74, 6) is -0.0831. The fourth-order valence-electron chi connectivity index (χ4n) is 3.02. The molecule has 6 nitrogen and oxygen atoms in total. The van der Waals surface area contributed by atoms with Gasteiger partial charge in [0.15, 0.2) is 0 Å². The molecule has 2 aromatic rings. The van der Waals surface area contributed by atoms with Crippen molar-refractivity contribution in [2.75, 3.05) is 32.7 Å². The van der Waals surface area contributed by atoms with E-state index in [4.69, 9.17) is 11.6 Å². The van der Waals surface area contributed by atoms with E-state index in [1.807, 2.05) is 47.4 Å². The second-order valence-electron chi connectivity index (χ2n) is 6.84. The van der Waals surface area contributed by atoms with Crippen LogP contribution < -0.4 is 5.32 Å². The first-order chi connectivity index (χ1) is 13.9. The van der Waals surface area contributed by atoms with Crippen molar-refractivity contribution in [1.82, 2.24) is 14.5 Å². The number of rotatable bonds is 7. The average Bonchev–Trinajstić information content (AvgIpc) is 2.73. The summed E-state index contributed by atoms with van der Waals surface area (Å²) in [6.45, 7) is 2.47. The van der Waals surface area contributed by atoms with Gasteiger partial charge in [-0.05, 0) is 29.3 Å². The number of halogens is 1. The van der Waals surface area contributed by atoms with Gasteiger partial charge in [0.25, 0.3) is 0 Å². The summed E-state index contributed by atoms with van der Waals surface area (Å²) in [5.41, 5.74) is 1.82. The number of hydrogen-bond donors (Lipinski definition) is 1. The van der Waals surface area contributed by atoms with Crippen LogP contribution in [0.25, 0.3) is 6.08 Å². The highest BCUT2D eigenvalue weighted by atomic mass is 35.5. The van der Waals surface area contributed by atoms with Gasteiger partial charge in [0, 0.05) is 43.2 Å². The van der Waals surface area contributed by atoms with E-state index in [0.717, 1.165) is 11.1 Å². The molecule has 0 atom stereocenters. The van der Waals surface area contributed by atoms with Gasteiger partial charge in [0.05, 0.1) is 6.54 Å². The van der Waals surface area contributed by atoms with Crippen molar-refractivity contribution in [3.8, 4) is 0 Å². The Balaban J connectivity index is 1.44. The van der Waals surface area contributed by atoms with Crippen LogP contribution in [0.2, 0.25) is 5.02 Å². The highest BCUT2D eigenvalue weighted by molar-refractivity contribution is 7.92. The molecule has 8 heteroatoms. The molecule has 1 amide bonds. The molecule has 1 saturated heterocycles. The van der Waals surface area contributed by atoms with Crippen LogP contribution in [0.1, 0.15) is 11.1 Å². The average molecular weight is 434 g/mol. The first kappa shape index (κ1) is 21.5. The summed E-state index contributed by atoms with van der Waals surface area (Å²) in [7, 11) is -3.47. The van der Waals surface area contributed by atoms with Crippen LogP contribution >= 0.6 is 11.6 Å². The molecule has 0 radical (unpaired) electrons. The Morgan fingerprint density at radius 2 is 1.66 bits per heavy atom. The predicted molar refractivity (Wildman–Crippen MR) is 116 cm³/mol. The minimum Gasteiger partial charge on any atom is -0.351 e. The Kier molecular flexibility index (Phi) is 7.44. The second kappa shape index (κ2) is 10.0. The third kappa shape index (κ3) is 6.68. The zero-order valence-electron chi connectivity index (χ0n) is 16.0. The number of benzene rings is 2. The third-order valence-electron chi connectivity index (χ3n) is 4.69. The molecule has 2 aromatic carbocycles. The van der Waals surface area contributed by atoms with Crippen LogP contribution in [-0.2, 0) is 21.4 Å². The summed E-state index contributed by atoms with van der Waals surface area (Å²) in [4.78, 5) is 14.1. The maximum Gasteiger partial charge on any atom is 0.236 e. The fourth-order valence-corrected chi connectivity index (χ4v) is 4.32. The smallest absolute Gasteiger partial charge is 0.236 e. The standard InChI is InChI=1S/C21H24ClN3O3S/c22-20-8-6-19(7-9-20)16-23-21(26)17-24-11-13-25(14-12-24)29(27,28)15-10-18-4-2-1-3-5-18/h1-10,15H,11-14,16-17H2,(H,23,26)/b15-10-. The third-order valence-corrected chi connectivity index (χ3v) is 6.51. The Hall–Kier alpha value is -2.19. The molecule has 0 unspecified atom stereocenters. The number of sulfonamides is 1. The molecule has 1 aliphatic heterocycles. The normalized spacial score (nSPS) is 16.2. The fraction of sp³-hybridized carbons (Fsp3) is 0.286. The van der Waals surface area contributed by atoms with Gasteiger partial charge in [0.2, 0.25) is 15.9 Å². The van der Waals surface area contributed by atoms with E-state index in [1.54, 1.807) is 18.2 Å². The SMILES string of the molecule is O=C(CN1CCN(S(=O)(=O)/C=C\c2ccccc2)CC1)NCc1ccc(Cl)cc1. The van der Waals surface area contributed by atoms with Gasteiger partial charge in [0.1, 0.15) is 0 Å². The van der Waals surface area contributed by atoms with Gasteiger partial charge in [-0.1, -0.05) is 54.1 Å². The molecular formula is C21H24ClN3O3S. The molecule has 29 heavy (non-hydrogen) atoms. The van der Waals surface area contributed by atoms with Crippen LogP contribution in [0.15, 0.2) is 60.0 Å². The largest absolute Gasteiger partial charge is 0.351 e. The van der Waals surface area contributed by atoms with Gasteiger partial charge in [-0.15, -0.1) is 0 Å². The van der Waals surface area contributed by atoms with Crippen LogP contribution in [0, 0.1) is 0 Å². The Labute approximate surface area is 176 Å². The first-order valence-electron chi connectivity index (χ1n) is 9.39. The second-order valence-corrected chi connectivity index (χ2v) is 9.09. The monoisotopic (exact) mass is 433 g/mol. The maximum atomic E-state index is 12.5. The van der Waals surface area contributed by atoms with Crippen LogP contribution in [0.5, 0.6) is 0 Å². The minimum absolute atomic E-state index is 0.0831. The zero-order valence-corrected chi connectivity index (χ0v) is 17.6. The van der Waals surface area contributed by atoms with E-state index < -0.39 is 10.0 Å². The molecule has 0 aliphatic carbocycles. The predicted octanol–water partition coefficient (Wildman–Crippen LogP) is 2.57. The van der Waals surface area contributed by atoms with Gasteiger partial charge >= 0.3 is 0 Å². The summed E-state index contributed by atoms with van der Waals surface area (Å²) in [6.07, 6.45) is 1.60. The highest BCUT2D eigenvalue weighted by Crippen LogP contribution is 2.12. The molecule has 154 valence electrons. The minimum atomic E-state index is -3.47. The number of hydrogen-bond acceptors (Lipinski definition) is 4. The number of piperazine rings is 1. The van der Waals surface area contributed by atoms with Crippen LogP contribution in [0.3, 0.4) is 0 Å². The van der Waals surface area contributed by atoms with E-state index in [-0.39, 0.29) is 12.5 Å². The molecule has 1 aliphatic rings. The molecule has 1 fully saturated rings. The summed E-state index contributed by atoms with van der Waals surface area (Å²) < 4.78 is 26.5. The van der Waals surface area contributed by atoms with Gasteiger partial charge in [-0.25, -0.2) is 8.42 Å². The van der Waals surface area contributed by atoms with E-state index >= 15 is 0 Å². The van der Waals surface area contributed by atoms with Crippen molar-refractivity contribution >= 4 is 33.6 Å². The molecule has 0 saturated carbocycles. The topological polar surface area (TPSA) is 69.7 Å². The molecule has 0 bridgehead atoms. The lowest BCUT2D eigenvalue weighted by Crippen LogP contribution is -2.50. The number of nitrogens with one attached hydrogen (secondary N) is 1. The van der Waals surface area contributed by atoms with Crippen molar-refractivity contribution in [2.24, 2.45) is 0 Å². The lowest BCUT2D eigenvalue weighted by molar-refractivity contribution is -0.122. The molecule has 1 N–H and O–H groups in total. The lowest BCUT2D eigenvalue weighted by atomic mass is 10.2. The van der Waals surface area contributed by atoms with Crippen molar-refractivity contribution in [3.63, 3.8) is 0 Å².